The van der Waals surface area contributed by atoms with E-state index in [1.54, 1.807) is 0 Å². The summed E-state index contributed by atoms with van der Waals surface area (Å²) in [6.45, 7) is 3.80. The first-order valence-electron chi connectivity index (χ1n) is 12.7. The largest absolute Gasteiger partial charge is 0.508 e. The number of benzene rings is 1. The van der Waals surface area contributed by atoms with Crippen molar-refractivity contribution in [3.8, 4) is 5.75 Å². The number of carbonyl (C=O) groups is 5. The SMILES string of the molecule is CC(C)CC(N)C(=O)NC(Cc1cnc[nH]1)C(=O)NC(Cc1ccc(O)cc1)C(=O)NC(CCC(=O)O)C(=O)O. The molecule has 0 aliphatic rings. The van der Waals surface area contributed by atoms with E-state index in [-0.39, 0.29) is 30.9 Å². The molecule has 1 aromatic heterocycles. The highest BCUT2D eigenvalue weighted by Crippen LogP contribution is 2.13. The van der Waals surface area contributed by atoms with Crippen LogP contribution in [0.3, 0.4) is 0 Å². The summed E-state index contributed by atoms with van der Waals surface area (Å²) in [5, 5.41) is 35.5. The van der Waals surface area contributed by atoms with Crippen LogP contribution in [0.15, 0.2) is 36.8 Å². The fourth-order valence-electron chi connectivity index (χ4n) is 3.87. The molecule has 0 aliphatic carbocycles. The molecule has 1 heterocycles. The number of phenols is 1. The summed E-state index contributed by atoms with van der Waals surface area (Å²) in [4.78, 5) is 68.7. The summed E-state index contributed by atoms with van der Waals surface area (Å²) in [5.41, 5.74) is 7.05. The number of amides is 3. The Bertz CT molecular complexity index is 1150. The van der Waals surface area contributed by atoms with E-state index in [4.69, 9.17) is 10.8 Å². The van der Waals surface area contributed by atoms with Gasteiger partial charge in [0.1, 0.15) is 23.9 Å². The Balaban J connectivity index is 2.29. The fraction of sp³-hybridized carbons (Fsp3) is 0.462. The van der Waals surface area contributed by atoms with Crippen LogP contribution in [-0.4, -0.2) is 79.1 Å². The molecular formula is C26H36N6O8. The highest BCUT2D eigenvalue weighted by molar-refractivity contribution is 5.94. The van der Waals surface area contributed by atoms with Gasteiger partial charge < -0.3 is 42.0 Å². The molecule has 4 atom stereocenters. The van der Waals surface area contributed by atoms with Crippen molar-refractivity contribution < 1.29 is 39.3 Å². The van der Waals surface area contributed by atoms with Crippen molar-refractivity contribution in [3.05, 3.63) is 48.0 Å². The Morgan fingerprint density at radius 1 is 0.900 bits per heavy atom. The summed E-state index contributed by atoms with van der Waals surface area (Å²) in [5.74, 6) is -4.74. The Labute approximate surface area is 230 Å². The van der Waals surface area contributed by atoms with E-state index < -0.39 is 60.2 Å². The van der Waals surface area contributed by atoms with Crippen LogP contribution < -0.4 is 21.7 Å². The number of aromatic hydroxyl groups is 1. The molecule has 2 aromatic rings. The van der Waals surface area contributed by atoms with Gasteiger partial charge in [-0.25, -0.2) is 9.78 Å². The Kier molecular flexibility index (Phi) is 12.1. The summed E-state index contributed by atoms with van der Waals surface area (Å²) in [7, 11) is 0. The second-order valence-electron chi connectivity index (χ2n) is 9.84. The first kappa shape index (κ1) is 31.8. The van der Waals surface area contributed by atoms with Crippen molar-refractivity contribution in [3.63, 3.8) is 0 Å². The minimum absolute atomic E-state index is 0.00408. The summed E-state index contributed by atoms with van der Waals surface area (Å²) in [6.07, 6.45) is 2.28. The third-order valence-corrected chi connectivity index (χ3v) is 5.94. The van der Waals surface area contributed by atoms with Crippen molar-refractivity contribution in [1.82, 2.24) is 25.9 Å². The molecule has 40 heavy (non-hydrogen) atoms. The van der Waals surface area contributed by atoms with Crippen LogP contribution in [0, 0.1) is 5.92 Å². The molecule has 3 amide bonds. The molecule has 14 nitrogen and oxygen atoms in total. The van der Waals surface area contributed by atoms with Crippen LogP contribution in [0.2, 0.25) is 0 Å². The lowest BCUT2D eigenvalue weighted by atomic mass is 10.0. The lowest BCUT2D eigenvalue weighted by molar-refractivity contribution is -0.143. The third-order valence-electron chi connectivity index (χ3n) is 5.94. The van der Waals surface area contributed by atoms with Crippen molar-refractivity contribution >= 4 is 29.7 Å². The summed E-state index contributed by atoms with van der Waals surface area (Å²) < 4.78 is 0. The molecule has 1 aromatic carbocycles. The standard InChI is InChI=1S/C26H36N6O8/c1-14(2)9-18(27)23(36)31-21(11-16-12-28-13-29-16)25(38)32-20(10-15-3-5-17(33)6-4-15)24(37)30-19(26(39)40)7-8-22(34)35/h3-6,12-14,18-21,33H,7-11,27H2,1-2H3,(H,28,29)(H,30,37)(H,31,36)(H,32,38)(H,34,35)(H,39,40). The van der Waals surface area contributed by atoms with Crippen LogP contribution >= 0.6 is 0 Å². The molecule has 9 N–H and O–H groups in total. The van der Waals surface area contributed by atoms with Crippen molar-refractivity contribution in [2.24, 2.45) is 11.7 Å². The maximum Gasteiger partial charge on any atom is 0.326 e. The number of carboxylic acid groups (broad SMARTS) is 2. The zero-order valence-electron chi connectivity index (χ0n) is 22.3. The van der Waals surface area contributed by atoms with E-state index in [9.17, 15) is 34.2 Å². The van der Waals surface area contributed by atoms with Crippen LogP contribution in [0.4, 0.5) is 0 Å². The number of carboxylic acids is 2. The predicted molar refractivity (Wildman–Crippen MR) is 142 cm³/mol. The Morgan fingerprint density at radius 3 is 2.00 bits per heavy atom. The van der Waals surface area contributed by atoms with Gasteiger partial charge in [-0.1, -0.05) is 26.0 Å². The molecule has 0 saturated carbocycles. The van der Waals surface area contributed by atoms with Crippen LogP contribution in [0.1, 0.15) is 44.4 Å². The van der Waals surface area contributed by atoms with Gasteiger partial charge in [-0.15, -0.1) is 0 Å². The maximum atomic E-state index is 13.4. The number of hydrogen-bond acceptors (Lipinski definition) is 8. The number of imidazole rings is 1. The molecular weight excluding hydrogens is 524 g/mol. The van der Waals surface area contributed by atoms with Gasteiger partial charge >= 0.3 is 11.9 Å². The normalized spacial score (nSPS) is 14.0. The number of phenolic OH excluding ortho intramolecular Hbond substituents is 1. The zero-order valence-corrected chi connectivity index (χ0v) is 22.3. The van der Waals surface area contributed by atoms with Crippen molar-refractivity contribution in [2.45, 2.75) is 70.1 Å². The Hall–Kier alpha value is -4.46. The van der Waals surface area contributed by atoms with Gasteiger partial charge in [0, 0.05) is 31.2 Å². The van der Waals surface area contributed by atoms with Gasteiger partial charge in [0.15, 0.2) is 0 Å². The number of carbonyl (C=O) groups excluding carboxylic acids is 3. The lowest BCUT2D eigenvalue weighted by Crippen LogP contribution is -2.58. The number of rotatable bonds is 16. The van der Waals surface area contributed by atoms with Crippen LogP contribution in [0.5, 0.6) is 5.75 Å². The quantitative estimate of drug-likeness (QED) is 0.133. The molecule has 0 saturated heterocycles. The second kappa shape index (κ2) is 15.2. The average molecular weight is 561 g/mol. The summed E-state index contributed by atoms with van der Waals surface area (Å²) in [6, 6.07) is 0.951. The Morgan fingerprint density at radius 2 is 1.48 bits per heavy atom. The van der Waals surface area contributed by atoms with E-state index in [0.717, 1.165) is 0 Å². The van der Waals surface area contributed by atoms with Gasteiger partial charge in [0.05, 0.1) is 12.4 Å². The first-order valence-corrected chi connectivity index (χ1v) is 12.7. The lowest BCUT2D eigenvalue weighted by Gasteiger charge is -2.25. The molecule has 14 heteroatoms. The zero-order chi connectivity index (χ0) is 29.8. The van der Waals surface area contributed by atoms with Gasteiger partial charge in [0.25, 0.3) is 0 Å². The van der Waals surface area contributed by atoms with Crippen LogP contribution in [0.25, 0.3) is 0 Å². The highest BCUT2D eigenvalue weighted by atomic mass is 16.4. The number of H-pyrrole nitrogens is 1. The topological polar surface area (TPSA) is 237 Å². The number of nitrogens with two attached hydrogens (primary N) is 1. The number of aromatic amines is 1. The van der Waals surface area contributed by atoms with Crippen molar-refractivity contribution in [2.75, 3.05) is 0 Å². The molecule has 2 rings (SSSR count). The number of hydrogen-bond donors (Lipinski definition) is 8. The third kappa shape index (κ3) is 10.7. The molecule has 0 fully saturated rings. The average Bonchev–Trinajstić information content (AvgIpc) is 3.39. The number of nitrogens with zero attached hydrogens (tertiary/aromatic N) is 1. The van der Waals surface area contributed by atoms with Crippen molar-refractivity contribution in [1.29, 1.82) is 0 Å². The van der Waals surface area contributed by atoms with Gasteiger partial charge in [-0.3, -0.25) is 19.2 Å². The molecule has 0 aliphatic heterocycles. The van der Waals surface area contributed by atoms with Gasteiger partial charge in [-0.05, 0) is 36.5 Å². The number of aromatic nitrogens is 2. The van der Waals surface area contributed by atoms with Gasteiger partial charge in [-0.2, -0.15) is 0 Å². The highest BCUT2D eigenvalue weighted by Gasteiger charge is 2.31. The van der Waals surface area contributed by atoms with E-state index >= 15 is 0 Å². The predicted octanol–water partition coefficient (Wildman–Crippen LogP) is -0.322. The van der Waals surface area contributed by atoms with E-state index in [1.165, 1.54) is 36.8 Å². The smallest absolute Gasteiger partial charge is 0.326 e. The first-order chi connectivity index (χ1) is 18.8. The maximum absolute atomic E-state index is 13.4. The summed E-state index contributed by atoms with van der Waals surface area (Å²) >= 11 is 0. The molecule has 0 bridgehead atoms. The van der Waals surface area contributed by atoms with Gasteiger partial charge in [0.2, 0.25) is 17.7 Å². The van der Waals surface area contributed by atoms with E-state index in [2.05, 4.69) is 25.9 Å². The number of aliphatic carboxylic acids is 2. The second-order valence-corrected chi connectivity index (χ2v) is 9.84. The monoisotopic (exact) mass is 560 g/mol. The number of nitrogens with one attached hydrogen (secondary N) is 4. The fourth-order valence-corrected chi connectivity index (χ4v) is 3.87. The van der Waals surface area contributed by atoms with E-state index in [0.29, 0.717) is 17.7 Å². The molecule has 218 valence electrons. The van der Waals surface area contributed by atoms with Crippen LogP contribution in [-0.2, 0) is 36.8 Å². The molecule has 0 spiro atoms. The minimum atomic E-state index is -1.52. The minimum Gasteiger partial charge on any atom is -0.508 e. The molecule has 0 radical (unpaired) electrons. The molecule has 4 unspecified atom stereocenters. The van der Waals surface area contributed by atoms with E-state index in [1.807, 2.05) is 13.8 Å².